The molecule has 6 nitrogen and oxygen atoms in total. The Kier molecular flexibility index (Phi) is 4.30. The van der Waals surface area contributed by atoms with Crippen molar-refractivity contribution in [2.45, 2.75) is 0 Å². The summed E-state index contributed by atoms with van der Waals surface area (Å²) >= 11 is 11.6. The standard InChI is InChI=1S/C13H9Cl2N3O3/c14-9-5-7(1-3-11(9)16)13(19)17-8-2-4-12(18(20)21)10(15)6-8/h1-6H,16H2,(H,17,19). The number of hydrogen-bond acceptors (Lipinski definition) is 4. The Morgan fingerprint density at radius 1 is 1.14 bits per heavy atom. The predicted molar refractivity (Wildman–Crippen MR) is 81.9 cm³/mol. The molecule has 1 amide bonds. The number of nitrogens with one attached hydrogen (secondary N) is 1. The molecule has 21 heavy (non-hydrogen) atoms. The summed E-state index contributed by atoms with van der Waals surface area (Å²) in [5, 5.41) is 13.4. The molecule has 3 N–H and O–H groups in total. The van der Waals surface area contributed by atoms with E-state index in [2.05, 4.69) is 5.32 Å². The van der Waals surface area contributed by atoms with Crippen LogP contribution in [0.25, 0.3) is 0 Å². The van der Waals surface area contributed by atoms with E-state index in [-0.39, 0.29) is 15.7 Å². The van der Waals surface area contributed by atoms with Crippen molar-refractivity contribution >= 4 is 46.2 Å². The molecule has 0 heterocycles. The Hall–Kier alpha value is -2.31. The topological polar surface area (TPSA) is 98.3 Å². The number of carbonyl (C=O) groups excluding carboxylic acids is 1. The minimum Gasteiger partial charge on any atom is -0.398 e. The lowest BCUT2D eigenvalue weighted by atomic mass is 10.2. The van der Waals surface area contributed by atoms with Crippen LogP contribution in [0, 0.1) is 10.1 Å². The Labute approximate surface area is 129 Å². The molecule has 0 atom stereocenters. The van der Waals surface area contributed by atoms with E-state index in [0.29, 0.717) is 16.9 Å². The van der Waals surface area contributed by atoms with Gasteiger partial charge in [0.25, 0.3) is 11.6 Å². The molecule has 108 valence electrons. The molecular weight excluding hydrogens is 317 g/mol. The van der Waals surface area contributed by atoms with Crippen molar-refractivity contribution < 1.29 is 9.72 Å². The normalized spacial score (nSPS) is 10.2. The molecule has 0 saturated heterocycles. The number of carbonyl (C=O) groups is 1. The van der Waals surface area contributed by atoms with Gasteiger partial charge < -0.3 is 11.1 Å². The highest BCUT2D eigenvalue weighted by Gasteiger charge is 2.14. The Balaban J connectivity index is 2.21. The lowest BCUT2D eigenvalue weighted by Crippen LogP contribution is -2.12. The summed E-state index contributed by atoms with van der Waals surface area (Å²) in [6.45, 7) is 0. The van der Waals surface area contributed by atoms with Crippen LogP contribution >= 0.6 is 23.2 Å². The lowest BCUT2D eigenvalue weighted by molar-refractivity contribution is -0.384. The van der Waals surface area contributed by atoms with Crippen LogP contribution in [0.2, 0.25) is 10.0 Å². The second-order valence-electron chi connectivity index (χ2n) is 4.11. The van der Waals surface area contributed by atoms with Crippen molar-refractivity contribution in [3.63, 3.8) is 0 Å². The summed E-state index contributed by atoms with van der Waals surface area (Å²) in [7, 11) is 0. The summed E-state index contributed by atoms with van der Waals surface area (Å²) in [6.07, 6.45) is 0. The van der Waals surface area contributed by atoms with Gasteiger partial charge in [-0.2, -0.15) is 0 Å². The number of nitrogen functional groups attached to an aromatic ring is 1. The van der Waals surface area contributed by atoms with Gasteiger partial charge in [0.05, 0.1) is 15.6 Å². The van der Waals surface area contributed by atoms with Crippen LogP contribution in [0.1, 0.15) is 10.4 Å². The third kappa shape index (κ3) is 3.42. The van der Waals surface area contributed by atoms with E-state index in [1.165, 1.54) is 36.4 Å². The molecule has 0 bridgehead atoms. The molecule has 2 aromatic carbocycles. The summed E-state index contributed by atoms with van der Waals surface area (Å²) in [6, 6.07) is 8.37. The summed E-state index contributed by atoms with van der Waals surface area (Å²) in [5.41, 5.74) is 6.34. The zero-order valence-corrected chi connectivity index (χ0v) is 12.0. The minimum atomic E-state index is -0.603. The fraction of sp³-hybridized carbons (Fsp3) is 0. The Morgan fingerprint density at radius 2 is 1.86 bits per heavy atom. The predicted octanol–water partition coefficient (Wildman–Crippen LogP) is 3.74. The van der Waals surface area contributed by atoms with Gasteiger partial charge in [0.15, 0.2) is 0 Å². The van der Waals surface area contributed by atoms with Gasteiger partial charge >= 0.3 is 0 Å². The summed E-state index contributed by atoms with van der Waals surface area (Å²) in [5.74, 6) is -0.429. The summed E-state index contributed by atoms with van der Waals surface area (Å²) < 4.78 is 0. The zero-order valence-electron chi connectivity index (χ0n) is 10.5. The highest BCUT2D eigenvalue weighted by atomic mass is 35.5. The molecule has 2 aromatic rings. The van der Waals surface area contributed by atoms with Crippen LogP contribution in [0.4, 0.5) is 17.1 Å². The first-order valence-electron chi connectivity index (χ1n) is 5.69. The average Bonchev–Trinajstić information content (AvgIpc) is 2.41. The molecule has 0 fully saturated rings. The van der Waals surface area contributed by atoms with Gasteiger partial charge in [-0.25, -0.2) is 0 Å². The van der Waals surface area contributed by atoms with Crippen LogP contribution in [-0.4, -0.2) is 10.8 Å². The van der Waals surface area contributed by atoms with E-state index >= 15 is 0 Å². The zero-order chi connectivity index (χ0) is 15.6. The number of nitrogens with two attached hydrogens (primary N) is 1. The molecule has 0 aliphatic heterocycles. The average molecular weight is 326 g/mol. The fourth-order valence-corrected chi connectivity index (χ4v) is 2.03. The van der Waals surface area contributed by atoms with Crippen molar-refractivity contribution in [1.82, 2.24) is 0 Å². The van der Waals surface area contributed by atoms with E-state index in [1.54, 1.807) is 0 Å². The quantitative estimate of drug-likeness (QED) is 0.510. The highest BCUT2D eigenvalue weighted by Crippen LogP contribution is 2.27. The first-order chi connectivity index (χ1) is 9.88. The van der Waals surface area contributed by atoms with Gasteiger partial charge in [-0.15, -0.1) is 0 Å². The number of rotatable bonds is 3. The van der Waals surface area contributed by atoms with Crippen LogP contribution in [0.5, 0.6) is 0 Å². The highest BCUT2D eigenvalue weighted by molar-refractivity contribution is 6.33. The maximum atomic E-state index is 12.0. The SMILES string of the molecule is Nc1ccc(C(=O)Nc2ccc([N+](=O)[O-])c(Cl)c2)cc1Cl. The van der Waals surface area contributed by atoms with Crippen molar-refractivity contribution in [1.29, 1.82) is 0 Å². The van der Waals surface area contributed by atoms with Gasteiger partial charge in [-0.3, -0.25) is 14.9 Å². The summed E-state index contributed by atoms with van der Waals surface area (Å²) in [4.78, 5) is 22.1. The van der Waals surface area contributed by atoms with Gasteiger partial charge in [0.2, 0.25) is 0 Å². The fourth-order valence-electron chi connectivity index (χ4n) is 1.60. The minimum absolute atomic E-state index is 0.0619. The van der Waals surface area contributed by atoms with E-state index < -0.39 is 10.8 Å². The number of anilines is 2. The number of amides is 1. The molecule has 0 aliphatic carbocycles. The molecule has 0 radical (unpaired) electrons. The third-order valence-corrected chi connectivity index (χ3v) is 3.29. The molecule has 0 unspecified atom stereocenters. The monoisotopic (exact) mass is 325 g/mol. The van der Waals surface area contributed by atoms with E-state index in [0.717, 1.165) is 0 Å². The van der Waals surface area contributed by atoms with E-state index in [1.807, 2.05) is 0 Å². The van der Waals surface area contributed by atoms with Gasteiger partial charge in [0.1, 0.15) is 5.02 Å². The van der Waals surface area contributed by atoms with Crippen LogP contribution < -0.4 is 11.1 Å². The molecule has 0 spiro atoms. The van der Waals surface area contributed by atoms with Gasteiger partial charge in [-0.05, 0) is 30.3 Å². The van der Waals surface area contributed by atoms with Crippen molar-refractivity contribution in [3.05, 3.63) is 62.1 Å². The number of hydrogen-bond donors (Lipinski definition) is 2. The smallest absolute Gasteiger partial charge is 0.288 e. The van der Waals surface area contributed by atoms with E-state index in [4.69, 9.17) is 28.9 Å². The maximum absolute atomic E-state index is 12.0. The van der Waals surface area contributed by atoms with Crippen LogP contribution in [0.3, 0.4) is 0 Å². The van der Waals surface area contributed by atoms with E-state index in [9.17, 15) is 14.9 Å². The first-order valence-corrected chi connectivity index (χ1v) is 6.44. The molecule has 0 aromatic heterocycles. The largest absolute Gasteiger partial charge is 0.398 e. The van der Waals surface area contributed by atoms with Crippen LogP contribution in [0.15, 0.2) is 36.4 Å². The number of benzene rings is 2. The molecular formula is C13H9Cl2N3O3. The maximum Gasteiger partial charge on any atom is 0.288 e. The molecule has 0 aliphatic rings. The first kappa shape index (κ1) is 15.1. The Bertz CT molecular complexity index is 735. The van der Waals surface area contributed by atoms with Gasteiger partial charge in [-0.1, -0.05) is 23.2 Å². The Morgan fingerprint density at radius 3 is 2.43 bits per heavy atom. The number of halogens is 2. The number of nitro benzene ring substituents is 1. The number of nitro groups is 1. The third-order valence-electron chi connectivity index (χ3n) is 2.66. The second kappa shape index (κ2) is 5.99. The molecule has 0 saturated carbocycles. The molecule has 2 rings (SSSR count). The second-order valence-corrected chi connectivity index (χ2v) is 4.93. The van der Waals surface area contributed by atoms with Crippen LogP contribution in [-0.2, 0) is 0 Å². The van der Waals surface area contributed by atoms with Gasteiger partial charge in [0, 0.05) is 17.3 Å². The van der Waals surface area contributed by atoms with Crippen molar-refractivity contribution in [2.75, 3.05) is 11.1 Å². The lowest BCUT2D eigenvalue weighted by Gasteiger charge is -2.07. The molecule has 8 heteroatoms. The van der Waals surface area contributed by atoms with Crippen molar-refractivity contribution in [3.8, 4) is 0 Å². The number of nitrogens with zero attached hydrogens (tertiary/aromatic N) is 1. The van der Waals surface area contributed by atoms with Crippen molar-refractivity contribution in [2.24, 2.45) is 0 Å².